The van der Waals surface area contributed by atoms with Crippen molar-refractivity contribution in [2.75, 3.05) is 13.7 Å². The molecule has 0 fully saturated rings. The van der Waals surface area contributed by atoms with Crippen molar-refractivity contribution in [3.8, 4) is 0 Å². The normalized spacial score (nSPS) is 13.9. The Morgan fingerprint density at radius 2 is 2.08 bits per heavy atom. The summed E-state index contributed by atoms with van der Waals surface area (Å²) in [4.78, 5) is 11.2. The molecule has 0 N–H and O–H groups in total. The molecule has 0 aromatic rings. The van der Waals surface area contributed by atoms with Gasteiger partial charge in [-0.3, -0.25) is 4.79 Å². The van der Waals surface area contributed by atoms with Crippen molar-refractivity contribution >= 4 is 21.9 Å². The lowest BCUT2D eigenvalue weighted by molar-refractivity contribution is -0.146. The number of hydrogen-bond donors (Lipinski definition) is 0. The molecule has 0 saturated carbocycles. The Morgan fingerprint density at radius 1 is 1.54 bits per heavy atom. The molecule has 0 bridgehead atoms. The van der Waals surface area contributed by atoms with Crippen LogP contribution in [0.5, 0.6) is 0 Å². The molecule has 0 aliphatic carbocycles. The standard InChI is InChI=1S/C9H17BrO3/c1-7(12-4)5-6-13-8(11)9(2,3)10/h7H,5-6H2,1-4H3. The van der Waals surface area contributed by atoms with Crippen molar-refractivity contribution in [3.05, 3.63) is 0 Å². The van der Waals surface area contributed by atoms with Crippen LogP contribution in [0.1, 0.15) is 27.2 Å². The molecule has 1 unspecified atom stereocenters. The van der Waals surface area contributed by atoms with Crippen LogP contribution in [0.25, 0.3) is 0 Å². The molecule has 4 heteroatoms. The molecule has 0 heterocycles. The zero-order valence-corrected chi connectivity index (χ0v) is 10.2. The first-order valence-electron chi connectivity index (χ1n) is 4.27. The van der Waals surface area contributed by atoms with Gasteiger partial charge < -0.3 is 9.47 Å². The summed E-state index contributed by atoms with van der Waals surface area (Å²) in [7, 11) is 1.64. The molecule has 0 radical (unpaired) electrons. The minimum Gasteiger partial charge on any atom is -0.465 e. The van der Waals surface area contributed by atoms with Crippen LogP contribution in [0.2, 0.25) is 0 Å². The van der Waals surface area contributed by atoms with E-state index in [2.05, 4.69) is 15.9 Å². The molecule has 0 aliphatic rings. The second-order valence-corrected chi connectivity index (χ2v) is 5.43. The highest BCUT2D eigenvalue weighted by Gasteiger charge is 2.25. The zero-order valence-electron chi connectivity index (χ0n) is 8.59. The number of carbonyl (C=O) groups excluding carboxylic acids is 1. The molecule has 0 aromatic carbocycles. The van der Waals surface area contributed by atoms with E-state index in [0.717, 1.165) is 6.42 Å². The Hall–Kier alpha value is -0.0900. The van der Waals surface area contributed by atoms with Crippen molar-refractivity contribution in [1.82, 2.24) is 0 Å². The number of halogens is 1. The van der Waals surface area contributed by atoms with E-state index >= 15 is 0 Å². The molecule has 0 amide bonds. The van der Waals surface area contributed by atoms with Gasteiger partial charge >= 0.3 is 5.97 Å². The molecule has 13 heavy (non-hydrogen) atoms. The molecule has 3 nitrogen and oxygen atoms in total. The van der Waals surface area contributed by atoms with Crippen LogP contribution in [0.4, 0.5) is 0 Å². The Bertz CT molecular complexity index is 163. The molecular formula is C9H17BrO3. The molecule has 0 spiro atoms. The van der Waals surface area contributed by atoms with E-state index in [1.807, 2.05) is 6.92 Å². The topological polar surface area (TPSA) is 35.5 Å². The van der Waals surface area contributed by atoms with Gasteiger partial charge in [-0.1, -0.05) is 15.9 Å². The van der Waals surface area contributed by atoms with Crippen LogP contribution in [-0.4, -0.2) is 30.1 Å². The number of alkyl halides is 1. The van der Waals surface area contributed by atoms with E-state index in [-0.39, 0.29) is 12.1 Å². The largest absolute Gasteiger partial charge is 0.465 e. The summed E-state index contributed by atoms with van der Waals surface area (Å²) in [6.07, 6.45) is 0.858. The zero-order chi connectivity index (χ0) is 10.5. The van der Waals surface area contributed by atoms with Crippen LogP contribution in [-0.2, 0) is 14.3 Å². The Balaban J connectivity index is 3.60. The summed E-state index contributed by atoms with van der Waals surface area (Å²) in [5.74, 6) is -0.240. The molecule has 1 atom stereocenters. The highest BCUT2D eigenvalue weighted by Crippen LogP contribution is 2.17. The van der Waals surface area contributed by atoms with Gasteiger partial charge in [0.1, 0.15) is 4.32 Å². The number of ether oxygens (including phenoxy) is 2. The molecule has 78 valence electrons. The van der Waals surface area contributed by atoms with E-state index in [4.69, 9.17) is 9.47 Å². The third kappa shape index (κ3) is 6.05. The third-order valence-corrected chi connectivity index (χ3v) is 1.97. The van der Waals surface area contributed by atoms with Gasteiger partial charge in [0, 0.05) is 13.5 Å². The summed E-state index contributed by atoms with van der Waals surface area (Å²) in [5, 5.41) is 0. The fourth-order valence-electron chi connectivity index (χ4n) is 0.607. The van der Waals surface area contributed by atoms with Crippen LogP contribution < -0.4 is 0 Å². The monoisotopic (exact) mass is 252 g/mol. The molecule has 0 aliphatic heterocycles. The predicted molar refractivity (Wildman–Crippen MR) is 55.1 cm³/mol. The van der Waals surface area contributed by atoms with Crippen LogP contribution in [0, 0.1) is 0 Å². The number of methoxy groups -OCH3 is 1. The smallest absolute Gasteiger partial charge is 0.322 e. The Labute approximate surface area is 87.9 Å². The fourth-order valence-corrected chi connectivity index (χ4v) is 0.722. The maximum absolute atomic E-state index is 11.2. The molecule has 0 rings (SSSR count). The van der Waals surface area contributed by atoms with Gasteiger partial charge in [0.15, 0.2) is 0 Å². The fraction of sp³-hybridized carbons (Fsp3) is 0.889. The predicted octanol–water partition coefficient (Wildman–Crippen LogP) is 2.13. The number of rotatable bonds is 5. The summed E-state index contributed by atoms with van der Waals surface area (Å²) >= 11 is 3.22. The number of hydrogen-bond acceptors (Lipinski definition) is 3. The summed E-state index contributed by atoms with van der Waals surface area (Å²) in [5.41, 5.74) is 0. The van der Waals surface area contributed by atoms with Gasteiger partial charge in [0.2, 0.25) is 0 Å². The van der Waals surface area contributed by atoms with Crippen LogP contribution >= 0.6 is 15.9 Å². The van der Waals surface area contributed by atoms with Gasteiger partial charge in [0.25, 0.3) is 0 Å². The first-order chi connectivity index (χ1) is 5.88. The van der Waals surface area contributed by atoms with E-state index in [1.54, 1.807) is 21.0 Å². The van der Waals surface area contributed by atoms with E-state index in [1.165, 1.54) is 0 Å². The van der Waals surface area contributed by atoms with Gasteiger partial charge in [0.05, 0.1) is 12.7 Å². The summed E-state index contributed by atoms with van der Waals surface area (Å²) in [6.45, 7) is 5.86. The third-order valence-electron chi connectivity index (χ3n) is 1.65. The van der Waals surface area contributed by atoms with Crippen LogP contribution in [0.3, 0.4) is 0 Å². The SMILES string of the molecule is COC(C)CCOC(=O)C(C)(C)Br. The van der Waals surface area contributed by atoms with E-state index in [0.29, 0.717) is 6.61 Å². The average Bonchev–Trinajstić information content (AvgIpc) is 2.02. The number of esters is 1. The molecular weight excluding hydrogens is 236 g/mol. The quantitative estimate of drug-likeness (QED) is 0.556. The lowest BCUT2D eigenvalue weighted by Crippen LogP contribution is -2.27. The van der Waals surface area contributed by atoms with Crippen LogP contribution in [0.15, 0.2) is 0 Å². The Kier molecular flexibility index (Phi) is 5.56. The average molecular weight is 253 g/mol. The highest BCUT2D eigenvalue weighted by molar-refractivity contribution is 9.10. The van der Waals surface area contributed by atoms with Gasteiger partial charge in [-0.05, 0) is 20.8 Å². The lowest BCUT2D eigenvalue weighted by atomic mass is 10.2. The highest BCUT2D eigenvalue weighted by atomic mass is 79.9. The maximum atomic E-state index is 11.2. The first kappa shape index (κ1) is 12.9. The van der Waals surface area contributed by atoms with Gasteiger partial charge in [-0.15, -0.1) is 0 Å². The minimum atomic E-state index is -0.594. The van der Waals surface area contributed by atoms with E-state index in [9.17, 15) is 4.79 Å². The van der Waals surface area contributed by atoms with Gasteiger partial charge in [-0.2, -0.15) is 0 Å². The second-order valence-electron chi connectivity index (χ2n) is 3.44. The Morgan fingerprint density at radius 3 is 2.46 bits per heavy atom. The molecule has 0 saturated heterocycles. The van der Waals surface area contributed by atoms with Gasteiger partial charge in [-0.25, -0.2) is 0 Å². The summed E-state index contributed by atoms with van der Waals surface area (Å²) < 4.78 is 9.43. The minimum absolute atomic E-state index is 0.131. The van der Waals surface area contributed by atoms with Crippen molar-refractivity contribution in [3.63, 3.8) is 0 Å². The van der Waals surface area contributed by atoms with Crippen molar-refractivity contribution in [2.45, 2.75) is 37.6 Å². The summed E-state index contributed by atoms with van der Waals surface area (Å²) in [6, 6.07) is 0. The first-order valence-corrected chi connectivity index (χ1v) is 5.06. The second kappa shape index (κ2) is 5.60. The van der Waals surface area contributed by atoms with Crippen molar-refractivity contribution in [1.29, 1.82) is 0 Å². The van der Waals surface area contributed by atoms with Crippen molar-refractivity contribution in [2.24, 2.45) is 0 Å². The van der Waals surface area contributed by atoms with E-state index < -0.39 is 4.32 Å². The van der Waals surface area contributed by atoms with Crippen molar-refractivity contribution < 1.29 is 14.3 Å². The maximum Gasteiger partial charge on any atom is 0.322 e. The lowest BCUT2D eigenvalue weighted by Gasteiger charge is -2.15. The number of carbonyl (C=O) groups is 1. The molecule has 0 aromatic heterocycles.